The van der Waals surface area contributed by atoms with Crippen LogP contribution in [-0.4, -0.2) is 34.9 Å². The van der Waals surface area contributed by atoms with Gasteiger partial charge in [-0.2, -0.15) is 0 Å². The van der Waals surface area contributed by atoms with E-state index in [0.29, 0.717) is 0 Å². The second kappa shape index (κ2) is 17.0. The lowest BCUT2D eigenvalue weighted by Gasteiger charge is -2.18. The Hall–Kier alpha value is -0.870. The van der Waals surface area contributed by atoms with Gasteiger partial charge in [0.25, 0.3) is 0 Å². The molecule has 0 saturated carbocycles. The molecule has 0 unspecified atom stereocenters. The highest BCUT2D eigenvalue weighted by Gasteiger charge is 2.15. The van der Waals surface area contributed by atoms with Gasteiger partial charge in [-0.05, 0) is 12.8 Å². The van der Waals surface area contributed by atoms with Gasteiger partial charge in [0.15, 0.2) is 0 Å². The molecule has 0 bridgehead atoms. The highest BCUT2D eigenvalue weighted by molar-refractivity contribution is 5.73. The number of aliphatic hydroxyl groups excluding tert-OH is 2. The van der Waals surface area contributed by atoms with Crippen molar-refractivity contribution < 1.29 is 15.0 Å². The summed E-state index contributed by atoms with van der Waals surface area (Å²) >= 11 is 0. The van der Waals surface area contributed by atoms with Crippen molar-refractivity contribution in [3.05, 3.63) is 12.2 Å². The zero-order chi connectivity index (χ0) is 18.0. The fourth-order valence-electron chi connectivity index (χ4n) is 2.80. The molecular formula is C20H39NO3. The molecular weight excluding hydrogens is 302 g/mol. The van der Waals surface area contributed by atoms with Crippen LogP contribution in [0.4, 0.5) is 0 Å². The van der Waals surface area contributed by atoms with Crippen LogP contribution in [0.2, 0.25) is 0 Å². The van der Waals surface area contributed by atoms with Gasteiger partial charge in [-0.1, -0.05) is 83.3 Å². The number of allylic oxidation sites excluding steroid dienone is 1. The van der Waals surface area contributed by atoms with Crippen LogP contribution in [0.15, 0.2) is 12.2 Å². The van der Waals surface area contributed by atoms with Gasteiger partial charge in [0.1, 0.15) is 0 Å². The lowest BCUT2D eigenvalue weighted by Crippen LogP contribution is -2.44. The number of amides is 1. The van der Waals surface area contributed by atoms with Crippen molar-refractivity contribution in [2.75, 3.05) is 6.61 Å². The third-order valence-corrected chi connectivity index (χ3v) is 4.31. The first kappa shape index (κ1) is 23.1. The number of carbonyl (C=O) groups is 1. The van der Waals surface area contributed by atoms with Crippen molar-refractivity contribution in [3.8, 4) is 0 Å². The van der Waals surface area contributed by atoms with E-state index in [1.165, 1.54) is 71.1 Å². The highest BCUT2D eigenvalue weighted by Crippen LogP contribution is 2.12. The van der Waals surface area contributed by atoms with E-state index in [1.54, 1.807) is 6.08 Å². The maximum atomic E-state index is 10.9. The third-order valence-electron chi connectivity index (χ3n) is 4.31. The van der Waals surface area contributed by atoms with Crippen molar-refractivity contribution >= 4 is 5.91 Å². The molecule has 0 aromatic heterocycles. The van der Waals surface area contributed by atoms with E-state index in [2.05, 4.69) is 12.2 Å². The quantitative estimate of drug-likeness (QED) is 0.292. The van der Waals surface area contributed by atoms with Crippen LogP contribution in [-0.2, 0) is 4.79 Å². The first-order valence-corrected chi connectivity index (χ1v) is 9.84. The fourth-order valence-corrected chi connectivity index (χ4v) is 2.80. The Bertz CT molecular complexity index is 318. The number of hydrogen-bond donors (Lipinski definition) is 3. The average Bonchev–Trinajstić information content (AvgIpc) is 2.56. The number of nitrogens with one attached hydrogen (secondary N) is 1. The van der Waals surface area contributed by atoms with Gasteiger partial charge >= 0.3 is 0 Å². The van der Waals surface area contributed by atoms with Crippen molar-refractivity contribution in [2.24, 2.45) is 0 Å². The molecule has 142 valence electrons. The molecule has 24 heavy (non-hydrogen) atoms. The van der Waals surface area contributed by atoms with E-state index in [-0.39, 0.29) is 12.5 Å². The monoisotopic (exact) mass is 341 g/mol. The summed E-state index contributed by atoms with van der Waals surface area (Å²) in [5.74, 6) is -0.244. The van der Waals surface area contributed by atoms with Crippen molar-refractivity contribution in [2.45, 2.75) is 103 Å². The Kier molecular flexibility index (Phi) is 16.4. The normalized spacial score (nSPS) is 14.0. The standard InChI is InChI=1S/C20H39NO3/c1-3-4-5-6-7-8-9-10-11-12-13-14-15-16-20(24)19(17-22)21-18(2)23/h15-16,19-20,22,24H,3-14,17H2,1-2H3,(H,21,23)/b16-15-/t19-,20+/m1/s1. The van der Waals surface area contributed by atoms with Gasteiger partial charge in [0.05, 0.1) is 18.8 Å². The summed E-state index contributed by atoms with van der Waals surface area (Å²) in [6.07, 6.45) is 18.3. The molecule has 0 rings (SSSR count). The molecule has 4 heteroatoms. The molecule has 2 atom stereocenters. The van der Waals surface area contributed by atoms with Gasteiger partial charge in [-0.25, -0.2) is 0 Å². The molecule has 0 heterocycles. The van der Waals surface area contributed by atoms with Crippen LogP contribution < -0.4 is 5.32 Å². The van der Waals surface area contributed by atoms with E-state index < -0.39 is 12.1 Å². The van der Waals surface area contributed by atoms with Crippen LogP contribution in [0.1, 0.15) is 90.9 Å². The minimum absolute atomic E-state index is 0.244. The minimum Gasteiger partial charge on any atom is -0.394 e. The zero-order valence-corrected chi connectivity index (χ0v) is 15.8. The topological polar surface area (TPSA) is 69.6 Å². The maximum Gasteiger partial charge on any atom is 0.217 e. The summed E-state index contributed by atoms with van der Waals surface area (Å²) in [6, 6.07) is -0.615. The second-order valence-corrected chi connectivity index (χ2v) is 6.73. The molecule has 0 aliphatic carbocycles. The lowest BCUT2D eigenvalue weighted by molar-refractivity contribution is -0.120. The van der Waals surface area contributed by atoms with E-state index in [1.807, 2.05) is 6.08 Å². The van der Waals surface area contributed by atoms with Gasteiger partial charge in [-0.3, -0.25) is 4.79 Å². The molecule has 0 aromatic carbocycles. The fraction of sp³-hybridized carbons (Fsp3) is 0.850. The zero-order valence-electron chi connectivity index (χ0n) is 15.8. The Morgan fingerprint density at radius 1 is 0.958 bits per heavy atom. The molecule has 0 radical (unpaired) electrons. The van der Waals surface area contributed by atoms with Crippen LogP contribution in [0.25, 0.3) is 0 Å². The summed E-state index contributed by atoms with van der Waals surface area (Å²) in [6.45, 7) is 3.37. The van der Waals surface area contributed by atoms with E-state index in [9.17, 15) is 9.90 Å². The summed E-state index contributed by atoms with van der Waals surface area (Å²) in [4.78, 5) is 10.9. The van der Waals surface area contributed by atoms with Gasteiger partial charge in [0.2, 0.25) is 5.91 Å². The lowest BCUT2D eigenvalue weighted by atomic mass is 10.0. The average molecular weight is 342 g/mol. The summed E-state index contributed by atoms with van der Waals surface area (Å²) in [5.41, 5.74) is 0. The highest BCUT2D eigenvalue weighted by atomic mass is 16.3. The third kappa shape index (κ3) is 14.7. The smallest absolute Gasteiger partial charge is 0.217 e. The SMILES string of the molecule is CCCCCCCCCCCCC/C=C\[C@H](O)[C@@H](CO)NC(C)=O. The summed E-state index contributed by atoms with van der Waals surface area (Å²) < 4.78 is 0. The van der Waals surface area contributed by atoms with E-state index >= 15 is 0 Å². The van der Waals surface area contributed by atoms with Gasteiger partial charge in [-0.15, -0.1) is 0 Å². The Balaban J connectivity index is 3.47. The first-order chi connectivity index (χ1) is 11.6. The molecule has 0 aliphatic rings. The van der Waals surface area contributed by atoms with E-state index in [4.69, 9.17) is 5.11 Å². The number of hydrogen-bond acceptors (Lipinski definition) is 3. The molecule has 0 aliphatic heterocycles. The molecule has 4 nitrogen and oxygen atoms in total. The van der Waals surface area contributed by atoms with Crippen molar-refractivity contribution in [3.63, 3.8) is 0 Å². The Morgan fingerprint density at radius 2 is 1.46 bits per heavy atom. The number of rotatable bonds is 16. The van der Waals surface area contributed by atoms with Crippen LogP contribution in [0, 0.1) is 0 Å². The van der Waals surface area contributed by atoms with Crippen LogP contribution in [0.3, 0.4) is 0 Å². The number of aliphatic hydroxyl groups is 2. The predicted molar refractivity (Wildman–Crippen MR) is 101 cm³/mol. The molecule has 3 N–H and O–H groups in total. The summed E-state index contributed by atoms with van der Waals surface area (Å²) in [5, 5.41) is 21.5. The maximum absolute atomic E-state index is 10.9. The predicted octanol–water partition coefficient (Wildman–Crippen LogP) is 4.10. The number of carbonyl (C=O) groups excluding carboxylic acids is 1. The molecule has 0 fully saturated rings. The van der Waals surface area contributed by atoms with Crippen molar-refractivity contribution in [1.29, 1.82) is 0 Å². The largest absolute Gasteiger partial charge is 0.394 e. The van der Waals surface area contributed by atoms with Crippen LogP contribution >= 0.6 is 0 Å². The Labute approximate surface area is 148 Å². The van der Waals surface area contributed by atoms with Crippen molar-refractivity contribution in [1.82, 2.24) is 5.32 Å². The minimum atomic E-state index is -0.827. The molecule has 1 amide bonds. The first-order valence-electron chi connectivity index (χ1n) is 9.84. The molecule has 0 saturated heterocycles. The van der Waals surface area contributed by atoms with Crippen LogP contribution in [0.5, 0.6) is 0 Å². The second-order valence-electron chi connectivity index (χ2n) is 6.73. The molecule has 0 aromatic rings. The van der Waals surface area contributed by atoms with Gasteiger partial charge in [0, 0.05) is 6.92 Å². The summed E-state index contributed by atoms with van der Waals surface area (Å²) in [7, 11) is 0. The number of unbranched alkanes of at least 4 members (excludes halogenated alkanes) is 11. The van der Waals surface area contributed by atoms with Gasteiger partial charge < -0.3 is 15.5 Å². The Morgan fingerprint density at radius 3 is 1.92 bits per heavy atom. The van der Waals surface area contributed by atoms with E-state index in [0.717, 1.165) is 12.8 Å². The molecule has 0 spiro atoms.